The summed E-state index contributed by atoms with van der Waals surface area (Å²) in [5.41, 5.74) is 9.60. The maximum Gasteiger partial charge on any atom is 0.318 e. The lowest BCUT2D eigenvalue weighted by Gasteiger charge is -2.22. The molecule has 98 valence electrons. The fourth-order valence-corrected chi connectivity index (χ4v) is 1.32. The summed E-state index contributed by atoms with van der Waals surface area (Å²) in [7, 11) is 0. The summed E-state index contributed by atoms with van der Waals surface area (Å²) < 4.78 is 0. The fraction of sp³-hybridized carbons (Fsp3) is 0.700. The Morgan fingerprint density at radius 3 is 2.35 bits per heavy atom. The van der Waals surface area contributed by atoms with Gasteiger partial charge < -0.3 is 16.8 Å². The number of nitrogens with one attached hydrogen (secondary N) is 2. The molecule has 6 N–H and O–H groups in total. The number of nitrogens with two attached hydrogens (primary N) is 2. The first-order valence-corrected chi connectivity index (χ1v) is 5.46. The topological polar surface area (TPSA) is 127 Å². The van der Waals surface area contributed by atoms with E-state index >= 15 is 0 Å². The van der Waals surface area contributed by atoms with Gasteiger partial charge in [-0.2, -0.15) is 0 Å². The van der Waals surface area contributed by atoms with Crippen molar-refractivity contribution in [2.75, 3.05) is 6.54 Å². The largest absolute Gasteiger partial charge is 0.354 e. The zero-order valence-corrected chi connectivity index (χ0v) is 10.2. The number of primary amides is 1. The molecule has 0 radical (unpaired) electrons. The molecule has 1 atom stereocenters. The summed E-state index contributed by atoms with van der Waals surface area (Å²) in [4.78, 5) is 32.9. The van der Waals surface area contributed by atoms with E-state index in [-0.39, 0.29) is 18.9 Å². The second-order valence-corrected chi connectivity index (χ2v) is 4.09. The Hall–Kier alpha value is -1.63. The van der Waals surface area contributed by atoms with Gasteiger partial charge in [-0.25, -0.2) is 4.79 Å². The third-order valence-electron chi connectivity index (χ3n) is 2.19. The van der Waals surface area contributed by atoms with Gasteiger partial charge in [0.1, 0.15) is 0 Å². The molecule has 0 aliphatic rings. The minimum atomic E-state index is -0.936. The van der Waals surface area contributed by atoms with Crippen LogP contribution in [-0.2, 0) is 9.59 Å². The zero-order chi connectivity index (χ0) is 13.5. The lowest BCUT2D eigenvalue weighted by atomic mass is 9.96. The van der Waals surface area contributed by atoms with Crippen LogP contribution in [0.1, 0.15) is 33.1 Å². The summed E-state index contributed by atoms with van der Waals surface area (Å²) in [6.07, 6.45) is 1.34. The highest BCUT2D eigenvalue weighted by Crippen LogP contribution is 2.07. The molecule has 0 aliphatic heterocycles. The van der Waals surface area contributed by atoms with Crippen molar-refractivity contribution in [3.05, 3.63) is 0 Å². The van der Waals surface area contributed by atoms with E-state index in [2.05, 4.69) is 5.32 Å². The number of carbonyl (C=O) groups excluding carboxylic acids is 3. The van der Waals surface area contributed by atoms with Gasteiger partial charge in [-0.05, 0) is 13.3 Å². The first-order chi connectivity index (χ1) is 7.79. The molecule has 0 spiro atoms. The highest BCUT2D eigenvalue weighted by atomic mass is 16.2. The van der Waals surface area contributed by atoms with Gasteiger partial charge >= 0.3 is 6.03 Å². The SMILES string of the molecule is CCCC(C)(N)C(=O)NCCC(=O)NC(N)=O. The number of amides is 4. The molecule has 0 saturated heterocycles. The number of imide groups is 1. The third kappa shape index (κ3) is 6.52. The van der Waals surface area contributed by atoms with Crippen molar-refractivity contribution in [3.63, 3.8) is 0 Å². The van der Waals surface area contributed by atoms with Crippen molar-refractivity contribution in [1.29, 1.82) is 0 Å². The van der Waals surface area contributed by atoms with Gasteiger partial charge in [0.05, 0.1) is 5.54 Å². The van der Waals surface area contributed by atoms with Gasteiger partial charge in [0.15, 0.2) is 0 Å². The van der Waals surface area contributed by atoms with Gasteiger partial charge in [-0.1, -0.05) is 13.3 Å². The molecule has 0 heterocycles. The fourth-order valence-electron chi connectivity index (χ4n) is 1.32. The zero-order valence-electron chi connectivity index (χ0n) is 10.2. The van der Waals surface area contributed by atoms with Gasteiger partial charge in [0, 0.05) is 13.0 Å². The predicted octanol–water partition coefficient (Wildman–Crippen LogP) is -0.795. The van der Waals surface area contributed by atoms with E-state index in [0.29, 0.717) is 6.42 Å². The number of hydrogen-bond donors (Lipinski definition) is 4. The first-order valence-electron chi connectivity index (χ1n) is 5.46. The normalized spacial score (nSPS) is 13.6. The van der Waals surface area contributed by atoms with E-state index in [1.54, 1.807) is 6.92 Å². The molecular weight excluding hydrogens is 224 g/mol. The van der Waals surface area contributed by atoms with Crippen LogP contribution in [0.4, 0.5) is 4.79 Å². The monoisotopic (exact) mass is 244 g/mol. The van der Waals surface area contributed by atoms with Gasteiger partial charge in [0.25, 0.3) is 0 Å². The highest BCUT2D eigenvalue weighted by molar-refractivity contribution is 5.93. The molecule has 0 bridgehead atoms. The number of carbonyl (C=O) groups is 3. The average Bonchev–Trinajstić information content (AvgIpc) is 2.15. The van der Waals surface area contributed by atoms with Crippen molar-refractivity contribution in [2.45, 2.75) is 38.6 Å². The van der Waals surface area contributed by atoms with E-state index in [1.165, 1.54) is 0 Å². The Balaban J connectivity index is 3.93. The predicted molar refractivity (Wildman–Crippen MR) is 62.9 cm³/mol. The van der Waals surface area contributed by atoms with Crippen molar-refractivity contribution in [3.8, 4) is 0 Å². The molecule has 0 fully saturated rings. The van der Waals surface area contributed by atoms with Crippen molar-refractivity contribution in [2.24, 2.45) is 11.5 Å². The van der Waals surface area contributed by atoms with Gasteiger partial charge in [-0.15, -0.1) is 0 Å². The molecule has 7 nitrogen and oxygen atoms in total. The van der Waals surface area contributed by atoms with Gasteiger partial charge in [-0.3, -0.25) is 14.9 Å². The average molecular weight is 244 g/mol. The second-order valence-electron chi connectivity index (χ2n) is 4.09. The van der Waals surface area contributed by atoms with E-state index in [1.807, 2.05) is 12.2 Å². The van der Waals surface area contributed by atoms with Crippen LogP contribution in [0.5, 0.6) is 0 Å². The second kappa shape index (κ2) is 6.85. The van der Waals surface area contributed by atoms with E-state index < -0.39 is 17.5 Å². The molecule has 0 rings (SSSR count). The van der Waals surface area contributed by atoms with Crippen molar-refractivity contribution >= 4 is 17.8 Å². The lowest BCUT2D eigenvalue weighted by molar-refractivity contribution is -0.126. The molecule has 0 saturated carbocycles. The van der Waals surface area contributed by atoms with Crippen molar-refractivity contribution in [1.82, 2.24) is 10.6 Å². The minimum Gasteiger partial charge on any atom is -0.354 e. The minimum absolute atomic E-state index is 0.0170. The summed E-state index contributed by atoms with van der Waals surface area (Å²) >= 11 is 0. The highest BCUT2D eigenvalue weighted by Gasteiger charge is 2.26. The van der Waals surface area contributed by atoms with Crippen LogP contribution in [0.25, 0.3) is 0 Å². The summed E-state index contributed by atoms with van der Waals surface area (Å²) in [5, 5.41) is 4.43. The molecular formula is C10H20N4O3. The molecule has 4 amide bonds. The Kier molecular flexibility index (Phi) is 6.19. The molecule has 0 aromatic heterocycles. The third-order valence-corrected chi connectivity index (χ3v) is 2.19. The standard InChI is InChI=1S/C10H20N4O3/c1-3-5-10(2,12)8(16)13-6-4-7(15)14-9(11)17/h3-6,12H2,1-2H3,(H,13,16)(H3,11,14,15,17). The van der Waals surface area contributed by atoms with E-state index in [9.17, 15) is 14.4 Å². The summed E-state index contributed by atoms with van der Waals surface area (Å²) in [6, 6.07) is -0.907. The lowest BCUT2D eigenvalue weighted by Crippen LogP contribution is -2.52. The number of urea groups is 1. The molecule has 1 unspecified atom stereocenters. The molecule has 0 aromatic rings. The van der Waals surface area contributed by atoms with Crippen LogP contribution in [0, 0.1) is 0 Å². The maximum absolute atomic E-state index is 11.6. The van der Waals surface area contributed by atoms with E-state index in [0.717, 1.165) is 6.42 Å². The molecule has 0 aromatic carbocycles. The summed E-state index contributed by atoms with van der Waals surface area (Å²) in [6.45, 7) is 3.68. The van der Waals surface area contributed by atoms with Crippen LogP contribution in [0.3, 0.4) is 0 Å². The number of rotatable bonds is 6. The molecule has 0 aliphatic carbocycles. The maximum atomic E-state index is 11.6. The van der Waals surface area contributed by atoms with E-state index in [4.69, 9.17) is 11.5 Å². The smallest absolute Gasteiger partial charge is 0.318 e. The van der Waals surface area contributed by atoms with Crippen LogP contribution in [0.15, 0.2) is 0 Å². The Morgan fingerprint density at radius 2 is 1.88 bits per heavy atom. The summed E-state index contributed by atoms with van der Waals surface area (Å²) in [5.74, 6) is -0.849. The van der Waals surface area contributed by atoms with Crippen LogP contribution >= 0.6 is 0 Å². The Morgan fingerprint density at radius 1 is 1.29 bits per heavy atom. The van der Waals surface area contributed by atoms with Crippen LogP contribution in [0.2, 0.25) is 0 Å². The quantitative estimate of drug-likeness (QED) is 0.488. The Bertz CT molecular complexity index is 302. The first kappa shape index (κ1) is 15.4. The Labute approximate surface area is 100 Å². The van der Waals surface area contributed by atoms with Crippen LogP contribution < -0.4 is 22.1 Å². The number of hydrogen-bond acceptors (Lipinski definition) is 4. The van der Waals surface area contributed by atoms with Crippen molar-refractivity contribution < 1.29 is 14.4 Å². The molecule has 7 heteroatoms. The molecule has 17 heavy (non-hydrogen) atoms. The van der Waals surface area contributed by atoms with Gasteiger partial charge in [0.2, 0.25) is 11.8 Å². The van der Waals surface area contributed by atoms with Crippen LogP contribution in [-0.4, -0.2) is 29.9 Å².